The lowest BCUT2D eigenvalue weighted by molar-refractivity contribution is -0.112. The number of carbonyl (C=O) groups is 1. The van der Waals surface area contributed by atoms with Crippen LogP contribution in [-0.2, 0) is 4.79 Å². The van der Waals surface area contributed by atoms with Crippen LogP contribution in [-0.4, -0.2) is 25.3 Å². The van der Waals surface area contributed by atoms with Crippen LogP contribution >= 0.6 is 0 Å². The Labute approximate surface area is 171 Å². The summed E-state index contributed by atoms with van der Waals surface area (Å²) >= 11 is 0. The molecule has 150 valence electrons. The van der Waals surface area contributed by atoms with Gasteiger partial charge in [-0.25, -0.2) is 18.7 Å². The number of halogens is 1. The average Bonchev–Trinajstić information content (AvgIpc) is 3.03. The summed E-state index contributed by atoms with van der Waals surface area (Å²) in [6, 6.07) is 12.9. The zero-order valence-corrected chi connectivity index (χ0v) is 16.3. The van der Waals surface area contributed by atoms with E-state index in [9.17, 15) is 14.0 Å². The van der Waals surface area contributed by atoms with E-state index in [1.807, 2.05) is 13.8 Å². The van der Waals surface area contributed by atoms with Gasteiger partial charge in [-0.3, -0.25) is 15.0 Å². The number of aromatic nitrogens is 4. The lowest BCUT2D eigenvalue weighted by atomic mass is 10.2. The second-order valence-electron chi connectivity index (χ2n) is 6.72. The van der Waals surface area contributed by atoms with E-state index >= 15 is 0 Å². The van der Waals surface area contributed by atoms with E-state index in [0.29, 0.717) is 16.6 Å². The number of aryl methyl sites for hydroxylation is 1. The van der Waals surface area contributed by atoms with Gasteiger partial charge in [0.1, 0.15) is 12.1 Å². The summed E-state index contributed by atoms with van der Waals surface area (Å²) in [4.78, 5) is 29.0. The molecular weight excluding hydrogens is 385 g/mol. The van der Waals surface area contributed by atoms with Gasteiger partial charge in [-0.2, -0.15) is 5.10 Å². The molecule has 0 fully saturated rings. The third-order valence-corrected chi connectivity index (χ3v) is 4.72. The van der Waals surface area contributed by atoms with Crippen LogP contribution in [0.5, 0.6) is 0 Å². The second-order valence-corrected chi connectivity index (χ2v) is 6.72. The monoisotopic (exact) mass is 403 g/mol. The highest BCUT2D eigenvalue weighted by molar-refractivity contribution is 5.97. The van der Waals surface area contributed by atoms with Gasteiger partial charge in [0.2, 0.25) is 0 Å². The van der Waals surface area contributed by atoms with Gasteiger partial charge in [0.05, 0.1) is 22.3 Å². The number of para-hydroxylation sites is 1. The minimum absolute atomic E-state index is 0.324. The molecule has 0 saturated heterocycles. The number of nitrogens with one attached hydrogen (secondary N) is 1. The van der Waals surface area contributed by atoms with Crippen LogP contribution in [0.15, 0.2) is 65.7 Å². The van der Waals surface area contributed by atoms with E-state index in [4.69, 9.17) is 0 Å². The van der Waals surface area contributed by atoms with Gasteiger partial charge in [0.25, 0.3) is 11.5 Å². The fourth-order valence-electron chi connectivity index (χ4n) is 3.19. The van der Waals surface area contributed by atoms with E-state index in [-0.39, 0.29) is 11.4 Å². The predicted octanol–water partition coefficient (Wildman–Crippen LogP) is 3.12. The highest BCUT2D eigenvalue weighted by Gasteiger charge is 2.11. The summed E-state index contributed by atoms with van der Waals surface area (Å²) in [5.41, 5.74) is 5.69. The Bertz CT molecular complexity index is 1340. The number of rotatable bonds is 4. The molecule has 0 spiro atoms. The van der Waals surface area contributed by atoms with E-state index < -0.39 is 5.91 Å². The Morgan fingerprint density at radius 1 is 1.10 bits per heavy atom. The van der Waals surface area contributed by atoms with Gasteiger partial charge in [0.15, 0.2) is 0 Å². The molecule has 30 heavy (non-hydrogen) atoms. The molecular formula is C22H18FN5O2. The summed E-state index contributed by atoms with van der Waals surface area (Å²) in [7, 11) is 0. The van der Waals surface area contributed by atoms with Crippen molar-refractivity contribution in [3.8, 4) is 5.69 Å². The fraction of sp³-hybridized carbons (Fsp3) is 0.0909. The number of fused-ring (bicyclic) bond motifs is 1. The maximum Gasteiger partial charge on any atom is 0.280 e. The van der Waals surface area contributed by atoms with Gasteiger partial charge >= 0.3 is 0 Å². The summed E-state index contributed by atoms with van der Waals surface area (Å²) in [6.07, 6.45) is 4.24. The van der Waals surface area contributed by atoms with Crippen LogP contribution in [0.3, 0.4) is 0 Å². The molecule has 0 aliphatic carbocycles. The fourth-order valence-corrected chi connectivity index (χ4v) is 3.19. The average molecular weight is 403 g/mol. The number of hydrogen-bond acceptors (Lipinski definition) is 4. The largest absolute Gasteiger partial charge is 0.280 e. The number of amides is 1. The zero-order chi connectivity index (χ0) is 21.3. The van der Waals surface area contributed by atoms with E-state index in [0.717, 1.165) is 21.6 Å². The smallest absolute Gasteiger partial charge is 0.268 e. The Morgan fingerprint density at radius 2 is 1.83 bits per heavy atom. The number of benzene rings is 2. The summed E-state index contributed by atoms with van der Waals surface area (Å²) in [5.74, 6) is -0.807. The van der Waals surface area contributed by atoms with Crippen molar-refractivity contribution < 1.29 is 9.18 Å². The molecule has 4 aromatic rings. The molecule has 4 rings (SSSR count). The van der Waals surface area contributed by atoms with Crippen LogP contribution in [0.25, 0.3) is 22.7 Å². The van der Waals surface area contributed by atoms with Crippen LogP contribution in [0.4, 0.5) is 4.39 Å². The van der Waals surface area contributed by atoms with Crippen molar-refractivity contribution in [2.45, 2.75) is 13.8 Å². The molecule has 0 bridgehead atoms. The van der Waals surface area contributed by atoms with Crippen LogP contribution in [0.1, 0.15) is 17.0 Å². The molecule has 1 N–H and O–H groups in total. The maximum atomic E-state index is 13.2. The first kappa shape index (κ1) is 19.3. The van der Waals surface area contributed by atoms with Gasteiger partial charge in [-0.05, 0) is 56.3 Å². The molecule has 2 aromatic carbocycles. The zero-order valence-electron chi connectivity index (χ0n) is 16.3. The van der Waals surface area contributed by atoms with Crippen molar-refractivity contribution in [1.82, 2.24) is 19.4 Å². The summed E-state index contributed by atoms with van der Waals surface area (Å²) in [6.45, 7) is 3.68. The summed E-state index contributed by atoms with van der Waals surface area (Å²) in [5, 5.41) is 4.88. The van der Waals surface area contributed by atoms with Crippen molar-refractivity contribution in [3.05, 3.63) is 94.1 Å². The van der Waals surface area contributed by atoms with Crippen molar-refractivity contribution in [2.24, 2.45) is 0 Å². The summed E-state index contributed by atoms with van der Waals surface area (Å²) < 4.78 is 15.9. The van der Waals surface area contributed by atoms with Crippen LogP contribution < -0.4 is 11.0 Å². The van der Waals surface area contributed by atoms with E-state index in [1.165, 1.54) is 24.5 Å². The first-order valence-electron chi connectivity index (χ1n) is 9.21. The minimum Gasteiger partial charge on any atom is -0.268 e. The van der Waals surface area contributed by atoms with E-state index in [1.54, 1.807) is 47.2 Å². The number of carbonyl (C=O) groups excluding carboxylic acids is 1. The Kier molecular flexibility index (Phi) is 4.97. The lowest BCUT2D eigenvalue weighted by Gasteiger charge is -2.06. The highest BCUT2D eigenvalue weighted by Crippen LogP contribution is 2.19. The molecule has 0 saturated carbocycles. The molecule has 2 heterocycles. The normalized spacial score (nSPS) is 11.3. The van der Waals surface area contributed by atoms with Crippen molar-refractivity contribution in [2.75, 3.05) is 5.43 Å². The van der Waals surface area contributed by atoms with Crippen molar-refractivity contribution in [1.29, 1.82) is 0 Å². The Balaban J connectivity index is 1.57. The first-order chi connectivity index (χ1) is 14.4. The third-order valence-electron chi connectivity index (χ3n) is 4.72. The molecule has 0 aliphatic rings. The van der Waals surface area contributed by atoms with E-state index in [2.05, 4.69) is 15.5 Å². The number of hydrogen-bond donors (Lipinski definition) is 1. The standard InChI is InChI=1S/C22H18FN5O2/c1-14-18(15(2)28(25-14)17-9-7-16(23)8-10-17)11-12-21(29)26-27-13-24-20-6-4-3-5-19(20)22(27)30/h3-13H,1-2H3,(H,26,29)/b12-11+. The minimum atomic E-state index is -0.484. The van der Waals surface area contributed by atoms with Crippen LogP contribution in [0, 0.1) is 19.7 Å². The topological polar surface area (TPSA) is 81.8 Å². The quantitative estimate of drug-likeness (QED) is 0.531. The molecule has 7 nitrogen and oxygen atoms in total. The highest BCUT2D eigenvalue weighted by atomic mass is 19.1. The molecule has 0 aliphatic heterocycles. The van der Waals surface area contributed by atoms with Gasteiger partial charge in [-0.1, -0.05) is 12.1 Å². The predicted molar refractivity (Wildman–Crippen MR) is 112 cm³/mol. The van der Waals surface area contributed by atoms with Crippen molar-refractivity contribution >= 4 is 22.9 Å². The Morgan fingerprint density at radius 3 is 2.60 bits per heavy atom. The third kappa shape index (κ3) is 3.62. The molecule has 2 aromatic heterocycles. The Hall–Kier alpha value is -4.07. The molecule has 1 amide bonds. The lowest BCUT2D eigenvalue weighted by Crippen LogP contribution is -2.32. The molecule has 0 atom stereocenters. The van der Waals surface area contributed by atoms with Crippen LogP contribution in [0.2, 0.25) is 0 Å². The van der Waals surface area contributed by atoms with Crippen molar-refractivity contribution in [3.63, 3.8) is 0 Å². The maximum absolute atomic E-state index is 13.2. The number of nitrogens with zero attached hydrogens (tertiary/aromatic N) is 4. The molecule has 8 heteroatoms. The SMILES string of the molecule is Cc1nn(-c2ccc(F)cc2)c(C)c1/C=C/C(=O)Nn1cnc2ccccc2c1=O. The first-order valence-corrected chi connectivity index (χ1v) is 9.21. The van der Waals surface area contributed by atoms with Gasteiger partial charge in [-0.15, -0.1) is 0 Å². The second kappa shape index (κ2) is 7.75. The molecule has 0 unspecified atom stereocenters. The van der Waals surface area contributed by atoms with Gasteiger partial charge < -0.3 is 0 Å². The molecule has 0 radical (unpaired) electrons. The van der Waals surface area contributed by atoms with Gasteiger partial charge in [0, 0.05) is 17.3 Å².